The van der Waals surface area contributed by atoms with Gasteiger partial charge in [-0.1, -0.05) is 26.0 Å². The molecule has 1 atom stereocenters. The number of amides is 1. The van der Waals surface area contributed by atoms with Crippen LogP contribution >= 0.6 is 0 Å². The van der Waals surface area contributed by atoms with Crippen LogP contribution in [0.4, 0.5) is 5.69 Å². The Morgan fingerprint density at radius 1 is 1.33 bits per heavy atom. The fourth-order valence-electron chi connectivity index (χ4n) is 2.20. The molecule has 0 bridgehead atoms. The molecular formula is C14H17NO3. The monoisotopic (exact) mass is 247 g/mol. The average Bonchev–Trinajstić information content (AvgIpc) is 2.71. The van der Waals surface area contributed by atoms with Crippen LogP contribution < -0.4 is 4.90 Å². The molecule has 1 aromatic rings. The van der Waals surface area contributed by atoms with Crippen molar-refractivity contribution in [3.05, 3.63) is 29.8 Å². The number of hydrogen-bond acceptors (Lipinski definition) is 2. The van der Waals surface area contributed by atoms with E-state index in [-0.39, 0.29) is 5.91 Å². The van der Waals surface area contributed by atoms with Gasteiger partial charge in [0.25, 0.3) is 0 Å². The first-order valence-corrected chi connectivity index (χ1v) is 6.15. The lowest BCUT2D eigenvalue weighted by Crippen LogP contribution is -2.30. The third-order valence-electron chi connectivity index (χ3n) is 3.38. The largest absolute Gasteiger partial charge is 0.481 e. The maximum Gasteiger partial charge on any atom is 0.316 e. The molecule has 0 aliphatic carbocycles. The minimum absolute atomic E-state index is 0.306. The predicted molar refractivity (Wildman–Crippen MR) is 68.6 cm³/mol. The van der Waals surface area contributed by atoms with Crippen molar-refractivity contribution in [3.8, 4) is 0 Å². The molecule has 0 aromatic heterocycles. The van der Waals surface area contributed by atoms with E-state index < -0.39 is 11.9 Å². The Bertz CT molecular complexity index is 464. The van der Waals surface area contributed by atoms with Gasteiger partial charge in [-0.3, -0.25) is 9.59 Å². The molecule has 1 aromatic carbocycles. The Hall–Kier alpha value is -1.84. The van der Waals surface area contributed by atoms with Crippen molar-refractivity contribution in [1.29, 1.82) is 0 Å². The second kappa shape index (κ2) is 4.80. The number of carboxylic acid groups (broad SMARTS) is 1. The van der Waals surface area contributed by atoms with Gasteiger partial charge >= 0.3 is 5.97 Å². The molecule has 1 saturated heterocycles. The molecule has 0 spiro atoms. The molecule has 1 heterocycles. The van der Waals surface area contributed by atoms with Crippen LogP contribution in [0.25, 0.3) is 0 Å². The van der Waals surface area contributed by atoms with Gasteiger partial charge in [-0.2, -0.15) is 0 Å². The summed E-state index contributed by atoms with van der Waals surface area (Å²) >= 11 is 0. The molecule has 2 rings (SSSR count). The van der Waals surface area contributed by atoms with Gasteiger partial charge in [-0.15, -0.1) is 0 Å². The van der Waals surface area contributed by atoms with E-state index in [4.69, 9.17) is 5.11 Å². The zero-order valence-electron chi connectivity index (χ0n) is 10.6. The van der Waals surface area contributed by atoms with Crippen molar-refractivity contribution < 1.29 is 14.7 Å². The van der Waals surface area contributed by atoms with Gasteiger partial charge < -0.3 is 10.0 Å². The van der Waals surface area contributed by atoms with E-state index in [0.29, 0.717) is 18.9 Å². The Labute approximate surface area is 106 Å². The van der Waals surface area contributed by atoms with Gasteiger partial charge in [0.1, 0.15) is 5.92 Å². The molecule has 0 unspecified atom stereocenters. The molecule has 4 nitrogen and oxygen atoms in total. The van der Waals surface area contributed by atoms with E-state index in [1.54, 1.807) is 4.90 Å². The van der Waals surface area contributed by atoms with Crippen LogP contribution in [0.3, 0.4) is 0 Å². The minimum atomic E-state index is -1.03. The molecule has 1 amide bonds. The molecule has 0 radical (unpaired) electrons. The van der Waals surface area contributed by atoms with Gasteiger partial charge in [0.2, 0.25) is 5.91 Å². The third-order valence-corrected chi connectivity index (χ3v) is 3.38. The maximum absolute atomic E-state index is 11.9. The predicted octanol–water partition coefficient (Wildman–Crippen LogP) is 2.25. The van der Waals surface area contributed by atoms with Gasteiger partial charge in [0.15, 0.2) is 0 Å². The van der Waals surface area contributed by atoms with Crippen molar-refractivity contribution in [2.24, 2.45) is 5.92 Å². The van der Waals surface area contributed by atoms with E-state index in [1.165, 1.54) is 5.56 Å². The lowest BCUT2D eigenvalue weighted by Gasteiger charge is -2.17. The van der Waals surface area contributed by atoms with Gasteiger partial charge in [-0.05, 0) is 30.0 Å². The lowest BCUT2D eigenvalue weighted by atomic mass is 10.0. The number of rotatable bonds is 3. The fraction of sp³-hybridized carbons (Fsp3) is 0.429. The van der Waals surface area contributed by atoms with E-state index in [2.05, 4.69) is 13.8 Å². The topological polar surface area (TPSA) is 57.6 Å². The van der Waals surface area contributed by atoms with E-state index in [0.717, 1.165) is 5.69 Å². The van der Waals surface area contributed by atoms with Crippen molar-refractivity contribution in [2.45, 2.75) is 26.2 Å². The Morgan fingerprint density at radius 2 is 1.94 bits per heavy atom. The first-order chi connectivity index (χ1) is 8.50. The van der Waals surface area contributed by atoms with Crippen LogP contribution in [-0.2, 0) is 9.59 Å². The fourth-order valence-corrected chi connectivity index (χ4v) is 2.20. The number of carbonyl (C=O) groups is 2. The summed E-state index contributed by atoms with van der Waals surface area (Å²) < 4.78 is 0. The SMILES string of the molecule is CC(C)c1ccc(N2CC[C@H](C(=O)O)C2=O)cc1. The molecule has 96 valence electrons. The van der Waals surface area contributed by atoms with Crippen molar-refractivity contribution in [2.75, 3.05) is 11.4 Å². The third kappa shape index (κ3) is 2.23. The smallest absolute Gasteiger partial charge is 0.316 e. The van der Waals surface area contributed by atoms with E-state index >= 15 is 0 Å². The second-order valence-corrected chi connectivity index (χ2v) is 4.92. The number of carbonyl (C=O) groups excluding carboxylic acids is 1. The summed E-state index contributed by atoms with van der Waals surface area (Å²) in [6.07, 6.45) is 0.389. The Kier molecular flexibility index (Phi) is 3.36. The summed E-state index contributed by atoms with van der Waals surface area (Å²) in [5.41, 5.74) is 1.99. The van der Waals surface area contributed by atoms with Crippen LogP contribution in [0.1, 0.15) is 31.7 Å². The summed E-state index contributed by atoms with van der Waals surface area (Å²) in [6.45, 7) is 4.70. The minimum Gasteiger partial charge on any atom is -0.481 e. The Balaban J connectivity index is 2.18. The maximum atomic E-state index is 11.9. The van der Waals surface area contributed by atoms with Gasteiger partial charge in [0.05, 0.1) is 0 Å². The molecular weight excluding hydrogens is 230 g/mol. The summed E-state index contributed by atoms with van der Waals surface area (Å²) in [6, 6.07) is 7.75. The zero-order valence-corrected chi connectivity index (χ0v) is 10.6. The van der Waals surface area contributed by atoms with E-state index in [1.807, 2.05) is 24.3 Å². The van der Waals surface area contributed by atoms with Crippen molar-refractivity contribution >= 4 is 17.6 Å². The number of hydrogen-bond donors (Lipinski definition) is 1. The molecule has 1 N–H and O–H groups in total. The van der Waals surface area contributed by atoms with Gasteiger partial charge in [0, 0.05) is 12.2 Å². The first-order valence-electron chi connectivity index (χ1n) is 6.15. The van der Waals surface area contributed by atoms with Gasteiger partial charge in [-0.25, -0.2) is 0 Å². The number of anilines is 1. The number of nitrogens with zero attached hydrogens (tertiary/aromatic N) is 1. The number of carboxylic acids is 1. The van der Waals surface area contributed by atoms with Crippen LogP contribution in [0.15, 0.2) is 24.3 Å². The molecule has 1 aliphatic heterocycles. The quantitative estimate of drug-likeness (QED) is 0.833. The van der Waals surface area contributed by atoms with Crippen LogP contribution in [0, 0.1) is 5.92 Å². The molecule has 4 heteroatoms. The molecule has 1 fully saturated rings. The normalized spacial score (nSPS) is 19.6. The average molecular weight is 247 g/mol. The summed E-state index contributed by atoms with van der Waals surface area (Å²) in [5, 5.41) is 8.92. The molecule has 1 aliphatic rings. The van der Waals surface area contributed by atoms with Crippen LogP contribution in [-0.4, -0.2) is 23.5 Å². The highest BCUT2D eigenvalue weighted by Crippen LogP contribution is 2.26. The first kappa shape index (κ1) is 12.6. The second-order valence-electron chi connectivity index (χ2n) is 4.92. The van der Waals surface area contributed by atoms with Crippen molar-refractivity contribution in [1.82, 2.24) is 0 Å². The number of aliphatic carboxylic acids is 1. The zero-order chi connectivity index (χ0) is 13.3. The highest BCUT2D eigenvalue weighted by atomic mass is 16.4. The lowest BCUT2D eigenvalue weighted by molar-refractivity contribution is -0.144. The van der Waals surface area contributed by atoms with Crippen LogP contribution in [0.5, 0.6) is 0 Å². The van der Waals surface area contributed by atoms with Crippen LogP contribution in [0.2, 0.25) is 0 Å². The summed E-state index contributed by atoms with van der Waals surface area (Å²) in [4.78, 5) is 24.4. The standard InChI is InChI=1S/C14H17NO3/c1-9(2)10-3-5-11(6-4-10)15-8-7-12(13(15)16)14(17)18/h3-6,9,12H,7-8H2,1-2H3,(H,17,18)/t12-/m0/s1. The van der Waals surface area contributed by atoms with E-state index in [9.17, 15) is 9.59 Å². The molecule has 18 heavy (non-hydrogen) atoms. The summed E-state index contributed by atoms with van der Waals surface area (Å²) in [7, 11) is 0. The highest BCUT2D eigenvalue weighted by molar-refractivity contribution is 6.07. The summed E-state index contributed by atoms with van der Waals surface area (Å²) in [5.74, 6) is -1.77. The van der Waals surface area contributed by atoms with Crippen molar-refractivity contribution in [3.63, 3.8) is 0 Å². The highest BCUT2D eigenvalue weighted by Gasteiger charge is 2.37. The molecule has 0 saturated carbocycles. The number of benzene rings is 1. The Morgan fingerprint density at radius 3 is 2.39 bits per heavy atom.